The van der Waals surface area contributed by atoms with Crippen LogP contribution >= 0.6 is 22.9 Å². The summed E-state index contributed by atoms with van der Waals surface area (Å²) in [6.45, 7) is 0. The first kappa shape index (κ1) is 11.7. The van der Waals surface area contributed by atoms with Gasteiger partial charge in [0.05, 0.1) is 17.6 Å². The summed E-state index contributed by atoms with van der Waals surface area (Å²) in [7, 11) is 1.22. The summed E-state index contributed by atoms with van der Waals surface area (Å²) in [5, 5.41) is 10.5. The third kappa shape index (κ3) is 3.03. The highest BCUT2D eigenvalue weighted by molar-refractivity contribution is 7.19. The number of nitro groups is 1. The van der Waals surface area contributed by atoms with Crippen molar-refractivity contribution >= 4 is 40.0 Å². The molecule has 0 fully saturated rings. The lowest BCUT2D eigenvalue weighted by molar-refractivity contribution is -0.380. The Labute approximate surface area is 94.1 Å². The van der Waals surface area contributed by atoms with E-state index in [-0.39, 0.29) is 5.00 Å². The Morgan fingerprint density at radius 2 is 2.40 bits per heavy atom. The van der Waals surface area contributed by atoms with Crippen molar-refractivity contribution in [3.05, 3.63) is 32.2 Å². The molecular weight excluding hydrogens is 242 g/mol. The van der Waals surface area contributed by atoms with Crippen LogP contribution in [-0.2, 0) is 9.53 Å². The lowest BCUT2D eigenvalue weighted by Gasteiger charge is -1.89. The van der Waals surface area contributed by atoms with E-state index in [0.29, 0.717) is 9.90 Å². The van der Waals surface area contributed by atoms with E-state index in [2.05, 4.69) is 4.74 Å². The van der Waals surface area contributed by atoms with Gasteiger partial charge in [0.15, 0.2) is 0 Å². The maximum Gasteiger partial charge on any atom is 0.332 e. The zero-order chi connectivity index (χ0) is 11.4. The Kier molecular flexibility index (Phi) is 3.81. The second-order valence-electron chi connectivity index (χ2n) is 2.42. The van der Waals surface area contributed by atoms with Gasteiger partial charge >= 0.3 is 11.0 Å². The van der Waals surface area contributed by atoms with E-state index >= 15 is 0 Å². The fourth-order valence-electron chi connectivity index (χ4n) is 0.853. The molecule has 0 aromatic carbocycles. The second-order valence-corrected chi connectivity index (χ2v) is 4.09. The van der Waals surface area contributed by atoms with Crippen LogP contribution in [0.1, 0.15) is 5.56 Å². The topological polar surface area (TPSA) is 69.4 Å². The van der Waals surface area contributed by atoms with Crippen LogP contribution in [0.2, 0.25) is 4.34 Å². The van der Waals surface area contributed by atoms with Crippen molar-refractivity contribution in [2.45, 2.75) is 0 Å². The number of thiophene rings is 1. The summed E-state index contributed by atoms with van der Waals surface area (Å²) in [5.74, 6) is -0.577. The number of methoxy groups -OCH3 is 1. The Hall–Kier alpha value is -1.40. The highest BCUT2D eigenvalue weighted by atomic mass is 35.5. The van der Waals surface area contributed by atoms with Crippen molar-refractivity contribution in [2.75, 3.05) is 7.11 Å². The molecule has 5 nitrogen and oxygen atoms in total. The summed E-state index contributed by atoms with van der Waals surface area (Å²) >= 11 is 6.47. The molecular formula is C8H6ClNO4S. The predicted molar refractivity (Wildman–Crippen MR) is 57.0 cm³/mol. The monoisotopic (exact) mass is 247 g/mol. The minimum atomic E-state index is -0.577. The molecule has 0 radical (unpaired) electrons. The molecule has 1 aromatic rings. The normalized spacial score (nSPS) is 10.5. The van der Waals surface area contributed by atoms with Crippen LogP contribution in [0.25, 0.3) is 6.08 Å². The highest BCUT2D eigenvalue weighted by Gasteiger charge is 2.16. The standard InChI is InChI=1S/C8H6ClNO4S/c1-14-7(11)3-2-5-4-6(9)15-8(5)10(12)13/h2-4H,1H3. The van der Waals surface area contributed by atoms with E-state index in [1.54, 1.807) is 0 Å². The molecule has 0 amide bonds. The highest BCUT2D eigenvalue weighted by Crippen LogP contribution is 2.34. The molecule has 1 aromatic heterocycles. The smallest absolute Gasteiger partial charge is 0.332 e. The Morgan fingerprint density at radius 3 is 2.93 bits per heavy atom. The molecule has 0 aliphatic rings. The minimum absolute atomic E-state index is 0.0971. The van der Waals surface area contributed by atoms with Crippen LogP contribution in [0.15, 0.2) is 12.1 Å². The molecule has 0 bridgehead atoms. The van der Waals surface area contributed by atoms with Gasteiger partial charge in [-0.25, -0.2) is 4.79 Å². The Bertz CT molecular complexity index is 426. The van der Waals surface area contributed by atoms with Crippen molar-refractivity contribution in [1.82, 2.24) is 0 Å². The van der Waals surface area contributed by atoms with E-state index in [1.165, 1.54) is 19.3 Å². The second kappa shape index (κ2) is 4.90. The van der Waals surface area contributed by atoms with Gasteiger partial charge in [-0.1, -0.05) is 22.9 Å². The molecule has 0 N–H and O–H groups in total. The first-order valence-electron chi connectivity index (χ1n) is 3.74. The lowest BCUT2D eigenvalue weighted by atomic mass is 10.3. The van der Waals surface area contributed by atoms with Gasteiger partial charge in [-0.3, -0.25) is 10.1 Å². The number of carbonyl (C=O) groups is 1. The van der Waals surface area contributed by atoms with E-state index in [1.807, 2.05) is 0 Å². The van der Waals surface area contributed by atoms with Crippen molar-refractivity contribution < 1.29 is 14.5 Å². The number of nitrogens with zero attached hydrogens (tertiary/aromatic N) is 1. The molecule has 80 valence electrons. The Balaban J connectivity index is 2.98. The number of hydrogen-bond donors (Lipinski definition) is 0. The van der Waals surface area contributed by atoms with Gasteiger partial charge in [-0.15, -0.1) is 0 Å². The lowest BCUT2D eigenvalue weighted by Crippen LogP contribution is -1.93. The molecule has 0 aliphatic carbocycles. The number of esters is 1. The van der Waals surface area contributed by atoms with E-state index in [0.717, 1.165) is 17.4 Å². The molecule has 0 saturated carbocycles. The number of rotatable bonds is 3. The Morgan fingerprint density at radius 1 is 1.73 bits per heavy atom. The van der Waals surface area contributed by atoms with Crippen LogP contribution in [0.5, 0.6) is 0 Å². The number of ether oxygens (including phenoxy) is 1. The van der Waals surface area contributed by atoms with Gasteiger partial charge in [-0.2, -0.15) is 0 Å². The maximum atomic E-state index is 10.8. The quantitative estimate of drug-likeness (QED) is 0.356. The van der Waals surface area contributed by atoms with Crippen LogP contribution in [0.3, 0.4) is 0 Å². The summed E-state index contributed by atoms with van der Waals surface area (Å²) in [6.07, 6.45) is 2.40. The summed E-state index contributed by atoms with van der Waals surface area (Å²) < 4.78 is 4.65. The van der Waals surface area contributed by atoms with E-state index in [9.17, 15) is 14.9 Å². The number of hydrogen-bond acceptors (Lipinski definition) is 5. The van der Waals surface area contributed by atoms with Gasteiger partial charge in [0.2, 0.25) is 0 Å². The van der Waals surface area contributed by atoms with Crippen molar-refractivity contribution in [3.8, 4) is 0 Å². The average molecular weight is 248 g/mol. The first-order valence-corrected chi connectivity index (χ1v) is 4.93. The van der Waals surface area contributed by atoms with Crippen LogP contribution < -0.4 is 0 Å². The van der Waals surface area contributed by atoms with Gasteiger partial charge in [0.25, 0.3) is 0 Å². The summed E-state index contributed by atoms with van der Waals surface area (Å²) in [5.41, 5.74) is 0.292. The SMILES string of the molecule is COC(=O)C=Cc1cc(Cl)sc1[N+](=O)[O-]. The van der Waals surface area contributed by atoms with Gasteiger partial charge in [0, 0.05) is 6.08 Å². The molecule has 1 heterocycles. The van der Waals surface area contributed by atoms with Crippen molar-refractivity contribution in [2.24, 2.45) is 0 Å². The summed E-state index contributed by atoms with van der Waals surface area (Å²) in [6, 6.07) is 1.42. The number of carbonyl (C=O) groups excluding carboxylic acids is 1. The van der Waals surface area contributed by atoms with Crippen molar-refractivity contribution in [1.29, 1.82) is 0 Å². The van der Waals surface area contributed by atoms with E-state index in [4.69, 9.17) is 11.6 Å². The molecule has 1 rings (SSSR count). The van der Waals surface area contributed by atoms with Gasteiger partial charge in [0.1, 0.15) is 4.34 Å². The van der Waals surface area contributed by atoms with Crippen LogP contribution in [0, 0.1) is 10.1 Å². The first-order chi connectivity index (χ1) is 7.04. The maximum absolute atomic E-state index is 10.8. The number of halogens is 1. The zero-order valence-corrected chi connectivity index (χ0v) is 9.17. The molecule has 0 unspecified atom stereocenters. The third-order valence-electron chi connectivity index (χ3n) is 1.48. The summed E-state index contributed by atoms with van der Waals surface area (Å²) in [4.78, 5) is 20.8. The van der Waals surface area contributed by atoms with Gasteiger partial charge < -0.3 is 4.74 Å². The van der Waals surface area contributed by atoms with E-state index < -0.39 is 10.9 Å². The third-order valence-corrected chi connectivity index (χ3v) is 2.71. The molecule has 0 saturated heterocycles. The van der Waals surface area contributed by atoms with Crippen LogP contribution in [-0.4, -0.2) is 18.0 Å². The minimum Gasteiger partial charge on any atom is -0.466 e. The van der Waals surface area contributed by atoms with Crippen LogP contribution in [0.4, 0.5) is 5.00 Å². The fourth-order valence-corrected chi connectivity index (χ4v) is 1.88. The molecule has 0 atom stereocenters. The predicted octanol–water partition coefficient (Wildman–Crippen LogP) is 2.50. The molecule has 0 aliphatic heterocycles. The van der Waals surface area contributed by atoms with Gasteiger partial charge in [-0.05, 0) is 12.1 Å². The zero-order valence-electron chi connectivity index (χ0n) is 7.60. The largest absolute Gasteiger partial charge is 0.466 e. The molecule has 15 heavy (non-hydrogen) atoms. The molecule has 7 heteroatoms. The average Bonchev–Trinajstić information content (AvgIpc) is 2.56. The molecule has 0 spiro atoms. The van der Waals surface area contributed by atoms with Crippen molar-refractivity contribution in [3.63, 3.8) is 0 Å². The fraction of sp³-hybridized carbons (Fsp3) is 0.125.